The lowest BCUT2D eigenvalue weighted by molar-refractivity contribution is -0.123. The Labute approximate surface area is 173 Å². The van der Waals surface area contributed by atoms with Gasteiger partial charge in [0.15, 0.2) is 0 Å². The molecular weight excluding hydrogens is 388 g/mol. The van der Waals surface area contributed by atoms with Gasteiger partial charge in [-0.25, -0.2) is 4.68 Å². The number of halogens is 1. The normalized spacial score (nSPS) is 15.1. The summed E-state index contributed by atoms with van der Waals surface area (Å²) in [5, 5.41) is 10.8. The SMILES string of the molecule is CCc1nn2c(c1-c1ccccc1)NC(=O)C2CC(=O)Nc1ccc(C)cc1Cl. The minimum atomic E-state index is -0.697. The molecule has 1 aromatic heterocycles. The number of anilines is 2. The fraction of sp³-hybridized carbons (Fsp3) is 0.227. The standard InChI is InChI=1S/C22H21ClN4O2/c1-3-16-20(14-7-5-4-6-8-14)21-25-22(29)18(27(21)26-16)12-19(28)24-17-10-9-13(2)11-15(17)23/h4-11,18H,3,12H2,1-2H3,(H,24,28)(H,25,29). The molecule has 1 unspecified atom stereocenters. The highest BCUT2D eigenvalue weighted by Gasteiger charge is 2.36. The Morgan fingerprint density at radius 2 is 2.00 bits per heavy atom. The maximum absolute atomic E-state index is 12.6. The van der Waals surface area contributed by atoms with E-state index in [0.717, 1.165) is 28.8 Å². The highest BCUT2D eigenvalue weighted by atomic mass is 35.5. The lowest BCUT2D eigenvalue weighted by atomic mass is 10.0. The molecule has 7 heteroatoms. The van der Waals surface area contributed by atoms with Gasteiger partial charge >= 0.3 is 0 Å². The average molecular weight is 409 g/mol. The van der Waals surface area contributed by atoms with Crippen LogP contribution in [0.1, 0.15) is 30.6 Å². The van der Waals surface area contributed by atoms with Crippen molar-refractivity contribution in [2.24, 2.45) is 0 Å². The molecule has 2 N–H and O–H groups in total. The molecule has 0 radical (unpaired) electrons. The summed E-state index contributed by atoms with van der Waals surface area (Å²) in [4.78, 5) is 25.2. The zero-order valence-corrected chi connectivity index (χ0v) is 17.0. The molecule has 0 saturated heterocycles. The monoisotopic (exact) mass is 408 g/mol. The quantitative estimate of drug-likeness (QED) is 0.648. The summed E-state index contributed by atoms with van der Waals surface area (Å²) in [6, 6.07) is 14.5. The van der Waals surface area contributed by atoms with Gasteiger partial charge in [0.2, 0.25) is 5.91 Å². The zero-order valence-electron chi connectivity index (χ0n) is 16.2. The van der Waals surface area contributed by atoms with E-state index in [1.54, 1.807) is 16.8 Å². The van der Waals surface area contributed by atoms with Crippen molar-refractivity contribution in [1.29, 1.82) is 0 Å². The minimum absolute atomic E-state index is 0.0257. The summed E-state index contributed by atoms with van der Waals surface area (Å²) in [7, 11) is 0. The number of amides is 2. The van der Waals surface area contributed by atoms with E-state index in [2.05, 4.69) is 15.7 Å². The maximum atomic E-state index is 12.6. The van der Waals surface area contributed by atoms with Crippen molar-refractivity contribution in [2.75, 3.05) is 10.6 Å². The van der Waals surface area contributed by atoms with Crippen LogP contribution < -0.4 is 10.6 Å². The van der Waals surface area contributed by atoms with Crippen LogP contribution in [0.5, 0.6) is 0 Å². The van der Waals surface area contributed by atoms with Gasteiger partial charge in [0.25, 0.3) is 5.91 Å². The molecule has 0 spiro atoms. The predicted octanol–water partition coefficient (Wildman–Crippen LogP) is 4.60. The highest BCUT2D eigenvalue weighted by molar-refractivity contribution is 6.33. The molecule has 1 atom stereocenters. The Bertz CT molecular complexity index is 1090. The summed E-state index contributed by atoms with van der Waals surface area (Å²) in [6.07, 6.45) is 0.695. The van der Waals surface area contributed by atoms with Crippen molar-refractivity contribution in [1.82, 2.24) is 9.78 Å². The summed E-state index contributed by atoms with van der Waals surface area (Å²) < 4.78 is 1.64. The van der Waals surface area contributed by atoms with Crippen molar-refractivity contribution in [3.63, 3.8) is 0 Å². The van der Waals surface area contributed by atoms with Crippen LogP contribution in [-0.2, 0) is 16.0 Å². The van der Waals surface area contributed by atoms with E-state index in [1.165, 1.54) is 0 Å². The fourth-order valence-electron chi connectivity index (χ4n) is 3.57. The number of hydrogen-bond donors (Lipinski definition) is 2. The molecule has 4 rings (SSSR count). The van der Waals surface area contributed by atoms with E-state index in [4.69, 9.17) is 11.6 Å². The van der Waals surface area contributed by atoms with Gasteiger partial charge in [-0.3, -0.25) is 9.59 Å². The maximum Gasteiger partial charge on any atom is 0.251 e. The Hall–Kier alpha value is -3.12. The van der Waals surface area contributed by atoms with Crippen molar-refractivity contribution in [2.45, 2.75) is 32.7 Å². The van der Waals surface area contributed by atoms with Crippen LogP contribution in [0.15, 0.2) is 48.5 Å². The van der Waals surface area contributed by atoms with Crippen LogP contribution in [0.2, 0.25) is 5.02 Å². The van der Waals surface area contributed by atoms with Crippen molar-refractivity contribution in [3.05, 3.63) is 64.8 Å². The van der Waals surface area contributed by atoms with Gasteiger partial charge < -0.3 is 10.6 Å². The van der Waals surface area contributed by atoms with E-state index < -0.39 is 6.04 Å². The molecule has 3 aromatic rings. The first-order valence-corrected chi connectivity index (χ1v) is 9.89. The Kier molecular flexibility index (Phi) is 5.11. The summed E-state index contributed by atoms with van der Waals surface area (Å²) in [5.74, 6) is 0.111. The molecule has 2 aromatic carbocycles. The molecule has 1 aliphatic heterocycles. The second-order valence-electron chi connectivity index (χ2n) is 7.08. The number of rotatable bonds is 5. The molecule has 2 amide bonds. The number of hydrogen-bond acceptors (Lipinski definition) is 3. The molecular formula is C22H21ClN4O2. The van der Waals surface area contributed by atoms with Gasteiger partial charge in [-0.05, 0) is 36.6 Å². The van der Waals surface area contributed by atoms with Crippen LogP contribution in [-0.4, -0.2) is 21.6 Å². The van der Waals surface area contributed by atoms with Crippen molar-refractivity contribution < 1.29 is 9.59 Å². The van der Waals surface area contributed by atoms with E-state index in [-0.39, 0.29) is 18.2 Å². The third-order valence-corrected chi connectivity index (χ3v) is 5.31. The van der Waals surface area contributed by atoms with Crippen molar-refractivity contribution >= 4 is 34.9 Å². The van der Waals surface area contributed by atoms with E-state index in [0.29, 0.717) is 16.5 Å². The molecule has 1 aliphatic rings. The van der Waals surface area contributed by atoms with Crippen LogP contribution in [0, 0.1) is 6.92 Å². The average Bonchev–Trinajstić information content (AvgIpc) is 3.20. The smallest absolute Gasteiger partial charge is 0.251 e. The largest absolute Gasteiger partial charge is 0.325 e. The lowest BCUT2D eigenvalue weighted by Gasteiger charge is -2.11. The number of fused-ring (bicyclic) bond motifs is 1. The summed E-state index contributed by atoms with van der Waals surface area (Å²) in [5.41, 5.74) is 4.32. The summed E-state index contributed by atoms with van der Waals surface area (Å²) >= 11 is 6.20. The Morgan fingerprint density at radius 1 is 1.24 bits per heavy atom. The first kappa shape index (κ1) is 19.2. The van der Waals surface area contributed by atoms with Gasteiger partial charge in [-0.2, -0.15) is 5.10 Å². The molecule has 0 fully saturated rings. The van der Waals surface area contributed by atoms with Gasteiger partial charge in [0.05, 0.1) is 22.8 Å². The second kappa shape index (κ2) is 7.72. The second-order valence-corrected chi connectivity index (χ2v) is 7.48. The van der Waals surface area contributed by atoms with Crippen LogP contribution in [0.3, 0.4) is 0 Å². The molecule has 148 valence electrons. The number of aromatic nitrogens is 2. The van der Waals surface area contributed by atoms with E-state index >= 15 is 0 Å². The Balaban J connectivity index is 1.60. The van der Waals surface area contributed by atoms with Gasteiger partial charge in [0.1, 0.15) is 11.9 Å². The first-order valence-electron chi connectivity index (χ1n) is 9.51. The molecule has 0 saturated carbocycles. The fourth-order valence-corrected chi connectivity index (χ4v) is 3.85. The van der Waals surface area contributed by atoms with Gasteiger partial charge in [-0.1, -0.05) is 54.9 Å². The zero-order chi connectivity index (χ0) is 20.5. The predicted molar refractivity (Wildman–Crippen MR) is 114 cm³/mol. The number of carbonyl (C=O) groups is 2. The number of carbonyl (C=O) groups excluding carboxylic acids is 2. The van der Waals surface area contributed by atoms with E-state index in [1.807, 2.05) is 50.2 Å². The topological polar surface area (TPSA) is 76.0 Å². The lowest BCUT2D eigenvalue weighted by Crippen LogP contribution is -2.24. The Morgan fingerprint density at radius 3 is 2.69 bits per heavy atom. The first-order chi connectivity index (χ1) is 14.0. The highest BCUT2D eigenvalue weighted by Crippen LogP contribution is 2.38. The van der Waals surface area contributed by atoms with Gasteiger partial charge in [-0.15, -0.1) is 0 Å². The molecule has 0 bridgehead atoms. The number of benzene rings is 2. The molecule has 29 heavy (non-hydrogen) atoms. The number of aryl methyl sites for hydroxylation is 2. The number of nitrogens with zero attached hydrogens (tertiary/aromatic N) is 2. The third-order valence-electron chi connectivity index (χ3n) is 5.00. The minimum Gasteiger partial charge on any atom is -0.325 e. The van der Waals surface area contributed by atoms with Crippen LogP contribution in [0.25, 0.3) is 11.1 Å². The molecule has 0 aliphatic carbocycles. The van der Waals surface area contributed by atoms with E-state index in [9.17, 15) is 9.59 Å². The van der Waals surface area contributed by atoms with Crippen molar-refractivity contribution in [3.8, 4) is 11.1 Å². The van der Waals surface area contributed by atoms with Crippen LogP contribution in [0.4, 0.5) is 11.5 Å². The molecule has 6 nitrogen and oxygen atoms in total. The van der Waals surface area contributed by atoms with Crippen LogP contribution >= 0.6 is 11.6 Å². The van der Waals surface area contributed by atoms with Gasteiger partial charge in [0, 0.05) is 5.56 Å². The number of nitrogens with one attached hydrogen (secondary N) is 2. The third kappa shape index (κ3) is 3.63. The summed E-state index contributed by atoms with van der Waals surface area (Å²) in [6.45, 7) is 3.95. The molecule has 2 heterocycles.